The molecule has 2 fully saturated rings. The maximum Gasteiger partial charge on any atom is 0.236 e. The van der Waals surface area contributed by atoms with E-state index in [-0.39, 0.29) is 5.91 Å². The number of ether oxygens (including phenoxy) is 1. The average molecular weight is 311 g/mol. The van der Waals surface area contributed by atoms with E-state index in [1.165, 1.54) is 25.7 Å². The molecule has 0 spiro atoms. The first-order valence-corrected chi connectivity index (χ1v) is 8.82. The molecule has 2 atom stereocenters. The smallest absolute Gasteiger partial charge is 0.236 e. The van der Waals surface area contributed by atoms with Gasteiger partial charge in [-0.3, -0.25) is 14.6 Å². The van der Waals surface area contributed by atoms with Gasteiger partial charge in [0.1, 0.15) is 0 Å². The van der Waals surface area contributed by atoms with E-state index < -0.39 is 0 Å². The molecular formula is C17H33N3O2. The van der Waals surface area contributed by atoms with E-state index in [4.69, 9.17) is 4.74 Å². The SMILES string of the molecule is C[C@H]1CCCC[C@@H]1OCCN1CCN(CC(=O)N(C)C)CC1. The number of hydrogen-bond donors (Lipinski definition) is 0. The lowest BCUT2D eigenvalue weighted by molar-refractivity contribution is -0.130. The lowest BCUT2D eigenvalue weighted by atomic mass is 9.88. The third kappa shape index (κ3) is 5.52. The predicted molar refractivity (Wildman–Crippen MR) is 88.9 cm³/mol. The highest BCUT2D eigenvalue weighted by molar-refractivity contribution is 5.77. The molecule has 0 aromatic heterocycles. The number of rotatable bonds is 6. The van der Waals surface area contributed by atoms with Gasteiger partial charge < -0.3 is 9.64 Å². The van der Waals surface area contributed by atoms with Crippen LogP contribution in [0.15, 0.2) is 0 Å². The highest BCUT2D eigenvalue weighted by Gasteiger charge is 2.23. The number of nitrogens with zero attached hydrogens (tertiary/aromatic N) is 3. The van der Waals surface area contributed by atoms with Crippen LogP contribution in [0.4, 0.5) is 0 Å². The molecule has 0 aromatic rings. The summed E-state index contributed by atoms with van der Waals surface area (Å²) in [6.45, 7) is 8.82. The van der Waals surface area contributed by atoms with Crippen LogP contribution in [0.25, 0.3) is 0 Å². The third-order valence-corrected chi connectivity index (χ3v) is 5.09. The van der Waals surface area contributed by atoms with Crippen molar-refractivity contribution >= 4 is 5.91 Å². The summed E-state index contributed by atoms with van der Waals surface area (Å²) < 4.78 is 6.10. The maximum absolute atomic E-state index is 11.7. The Labute approximate surface area is 135 Å². The van der Waals surface area contributed by atoms with Crippen LogP contribution in [-0.4, -0.2) is 86.7 Å². The molecule has 22 heavy (non-hydrogen) atoms. The van der Waals surface area contributed by atoms with Crippen LogP contribution in [0.2, 0.25) is 0 Å². The van der Waals surface area contributed by atoms with Crippen molar-refractivity contribution in [3.05, 3.63) is 0 Å². The van der Waals surface area contributed by atoms with Gasteiger partial charge in [-0.05, 0) is 18.8 Å². The molecule has 1 aliphatic heterocycles. The molecule has 1 saturated heterocycles. The van der Waals surface area contributed by atoms with Gasteiger partial charge in [-0.2, -0.15) is 0 Å². The molecule has 0 aromatic carbocycles. The highest BCUT2D eigenvalue weighted by Crippen LogP contribution is 2.26. The Morgan fingerprint density at radius 3 is 2.36 bits per heavy atom. The van der Waals surface area contributed by atoms with Gasteiger partial charge in [0.25, 0.3) is 0 Å². The van der Waals surface area contributed by atoms with E-state index in [1.54, 1.807) is 4.90 Å². The summed E-state index contributed by atoms with van der Waals surface area (Å²) in [4.78, 5) is 18.1. The van der Waals surface area contributed by atoms with E-state index in [0.717, 1.165) is 45.2 Å². The van der Waals surface area contributed by atoms with Crippen LogP contribution in [-0.2, 0) is 9.53 Å². The standard InChI is InChI=1S/C17H33N3O2/c1-15-6-4-5-7-16(15)22-13-12-19-8-10-20(11-9-19)14-17(21)18(2)3/h15-16H,4-14H2,1-3H3/t15-,16-/m0/s1. The summed E-state index contributed by atoms with van der Waals surface area (Å²) in [7, 11) is 3.64. The van der Waals surface area contributed by atoms with Gasteiger partial charge >= 0.3 is 0 Å². The van der Waals surface area contributed by atoms with Crippen LogP contribution < -0.4 is 0 Å². The molecule has 1 heterocycles. The van der Waals surface area contributed by atoms with Crippen LogP contribution in [0, 0.1) is 5.92 Å². The van der Waals surface area contributed by atoms with Gasteiger partial charge in [-0.25, -0.2) is 0 Å². The summed E-state index contributed by atoms with van der Waals surface area (Å²) in [5.74, 6) is 0.922. The topological polar surface area (TPSA) is 36.0 Å². The first kappa shape index (κ1) is 17.7. The van der Waals surface area contributed by atoms with E-state index in [1.807, 2.05) is 14.1 Å². The second-order valence-electron chi connectivity index (χ2n) is 7.08. The fourth-order valence-corrected chi connectivity index (χ4v) is 3.37. The molecule has 5 nitrogen and oxygen atoms in total. The molecule has 1 amide bonds. The maximum atomic E-state index is 11.7. The minimum Gasteiger partial charge on any atom is -0.377 e. The number of amides is 1. The predicted octanol–water partition coefficient (Wildman–Crippen LogP) is 1.29. The summed E-state index contributed by atoms with van der Waals surface area (Å²) in [5.41, 5.74) is 0. The molecule has 1 saturated carbocycles. The van der Waals surface area contributed by atoms with E-state index in [2.05, 4.69) is 16.7 Å². The quantitative estimate of drug-likeness (QED) is 0.740. The Balaban J connectivity index is 1.58. The fourth-order valence-electron chi connectivity index (χ4n) is 3.37. The van der Waals surface area contributed by atoms with Crippen LogP contribution in [0.1, 0.15) is 32.6 Å². The zero-order valence-corrected chi connectivity index (χ0v) is 14.6. The summed E-state index contributed by atoms with van der Waals surface area (Å²) in [6.07, 6.45) is 5.74. The fraction of sp³-hybridized carbons (Fsp3) is 0.941. The minimum absolute atomic E-state index is 0.197. The van der Waals surface area contributed by atoms with Crippen LogP contribution >= 0.6 is 0 Å². The van der Waals surface area contributed by atoms with Gasteiger partial charge in [0.15, 0.2) is 0 Å². The number of carbonyl (C=O) groups excluding carboxylic acids is 1. The van der Waals surface area contributed by atoms with Crippen LogP contribution in [0.3, 0.4) is 0 Å². The first-order valence-electron chi connectivity index (χ1n) is 8.82. The van der Waals surface area contributed by atoms with Crippen molar-refractivity contribution in [2.45, 2.75) is 38.7 Å². The normalized spacial score (nSPS) is 27.8. The molecule has 0 radical (unpaired) electrons. The van der Waals surface area contributed by atoms with E-state index in [9.17, 15) is 4.79 Å². The number of piperazine rings is 1. The molecule has 2 rings (SSSR count). The number of carbonyl (C=O) groups is 1. The van der Waals surface area contributed by atoms with E-state index in [0.29, 0.717) is 12.6 Å². The summed E-state index contributed by atoms with van der Waals surface area (Å²) >= 11 is 0. The molecule has 128 valence electrons. The van der Waals surface area contributed by atoms with Gasteiger partial charge in [-0.15, -0.1) is 0 Å². The van der Waals surface area contributed by atoms with Crippen molar-refractivity contribution in [3.8, 4) is 0 Å². The second-order valence-corrected chi connectivity index (χ2v) is 7.08. The third-order valence-electron chi connectivity index (χ3n) is 5.09. The van der Waals surface area contributed by atoms with Gasteiger partial charge in [0.05, 0.1) is 19.3 Å². The largest absolute Gasteiger partial charge is 0.377 e. The Kier molecular flexibility index (Phi) is 7.12. The Morgan fingerprint density at radius 1 is 1.09 bits per heavy atom. The molecule has 2 aliphatic rings. The summed E-state index contributed by atoms with van der Waals surface area (Å²) in [5, 5.41) is 0. The van der Waals surface area contributed by atoms with Crippen molar-refractivity contribution < 1.29 is 9.53 Å². The average Bonchev–Trinajstić information content (AvgIpc) is 2.51. The molecule has 0 bridgehead atoms. The molecule has 1 aliphatic carbocycles. The number of likely N-dealkylation sites (N-methyl/N-ethyl adjacent to an activating group) is 1. The Morgan fingerprint density at radius 2 is 1.73 bits per heavy atom. The van der Waals surface area contributed by atoms with Gasteiger partial charge in [-0.1, -0.05) is 19.8 Å². The van der Waals surface area contributed by atoms with E-state index >= 15 is 0 Å². The van der Waals surface area contributed by atoms with Gasteiger partial charge in [0.2, 0.25) is 5.91 Å². The lowest BCUT2D eigenvalue weighted by Crippen LogP contribution is -2.50. The van der Waals surface area contributed by atoms with Crippen molar-refractivity contribution in [1.82, 2.24) is 14.7 Å². The number of hydrogen-bond acceptors (Lipinski definition) is 4. The van der Waals surface area contributed by atoms with Crippen molar-refractivity contribution in [2.75, 3.05) is 60.0 Å². The van der Waals surface area contributed by atoms with Crippen molar-refractivity contribution in [1.29, 1.82) is 0 Å². The van der Waals surface area contributed by atoms with Crippen molar-refractivity contribution in [3.63, 3.8) is 0 Å². The van der Waals surface area contributed by atoms with Crippen molar-refractivity contribution in [2.24, 2.45) is 5.92 Å². The highest BCUT2D eigenvalue weighted by atomic mass is 16.5. The zero-order chi connectivity index (χ0) is 15.9. The first-order chi connectivity index (χ1) is 10.6. The molecule has 5 heteroatoms. The monoisotopic (exact) mass is 311 g/mol. The molecule has 0 N–H and O–H groups in total. The Bertz CT molecular complexity index is 341. The summed E-state index contributed by atoms with van der Waals surface area (Å²) in [6, 6.07) is 0. The minimum atomic E-state index is 0.197. The second kappa shape index (κ2) is 8.85. The van der Waals surface area contributed by atoms with Crippen LogP contribution in [0.5, 0.6) is 0 Å². The Hall–Kier alpha value is -0.650. The lowest BCUT2D eigenvalue weighted by Gasteiger charge is -2.35. The van der Waals surface area contributed by atoms with Gasteiger partial charge in [0, 0.05) is 46.8 Å². The molecular weight excluding hydrogens is 278 g/mol. The zero-order valence-electron chi connectivity index (χ0n) is 14.6. The molecule has 0 unspecified atom stereocenters.